The lowest BCUT2D eigenvalue weighted by Gasteiger charge is -2.33. The van der Waals surface area contributed by atoms with Crippen molar-refractivity contribution in [2.24, 2.45) is 5.92 Å². The predicted molar refractivity (Wildman–Crippen MR) is 132 cm³/mol. The van der Waals surface area contributed by atoms with E-state index in [1.807, 2.05) is 6.92 Å². The highest BCUT2D eigenvalue weighted by Gasteiger charge is 2.24. The van der Waals surface area contributed by atoms with Gasteiger partial charge in [0.1, 0.15) is 10.6 Å². The standard InChI is InChI=1S/C24H32ClN3O4S/c1-4-32-21-8-6-20(7-9-21)27-33(30,31)23-15-18(5-10-22(23)25)24(29)26-19-11-13-28(14-12-19)16-17(2)3/h5-10,15,17,19,27H,4,11-14,16H2,1-3H3,(H,26,29). The molecular weight excluding hydrogens is 462 g/mol. The van der Waals surface area contributed by atoms with Crippen LogP contribution in [-0.2, 0) is 10.0 Å². The molecule has 180 valence electrons. The van der Waals surface area contributed by atoms with Gasteiger partial charge in [-0.2, -0.15) is 0 Å². The van der Waals surface area contributed by atoms with Crippen molar-refractivity contribution in [3.63, 3.8) is 0 Å². The minimum Gasteiger partial charge on any atom is -0.494 e. The molecule has 2 aromatic rings. The van der Waals surface area contributed by atoms with Gasteiger partial charge < -0.3 is 15.0 Å². The lowest BCUT2D eigenvalue weighted by Crippen LogP contribution is -2.45. The molecule has 2 aromatic carbocycles. The van der Waals surface area contributed by atoms with E-state index in [0.717, 1.165) is 32.5 Å². The Bertz CT molecular complexity index is 1050. The topological polar surface area (TPSA) is 87.7 Å². The van der Waals surface area contributed by atoms with E-state index in [9.17, 15) is 13.2 Å². The van der Waals surface area contributed by atoms with E-state index in [4.69, 9.17) is 16.3 Å². The number of carbonyl (C=O) groups is 1. The Kier molecular flexibility index (Phi) is 8.62. The van der Waals surface area contributed by atoms with Gasteiger partial charge in [-0.25, -0.2) is 8.42 Å². The number of carbonyl (C=O) groups excluding carboxylic acids is 1. The number of halogens is 1. The number of piperidine rings is 1. The molecule has 7 nitrogen and oxygen atoms in total. The Labute approximate surface area is 201 Å². The molecule has 0 saturated carbocycles. The summed E-state index contributed by atoms with van der Waals surface area (Å²) >= 11 is 6.19. The van der Waals surface area contributed by atoms with Gasteiger partial charge in [-0.05, 0) is 68.1 Å². The molecule has 0 spiro atoms. The van der Waals surface area contributed by atoms with E-state index in [2.05, 4.69) is 28.8 Å². The molecule has 1 amide bonds. The van der Waals surface area contributed by atoms with Gasteiger partial charge in [0.05, 0.1) is 11.6 Å². The van der Waals surface area contributed by atoms with Crippen LogP contribution >= 0.6 is 11.6 Å². The van der Waals surface area contributed by atoms with Crippen LogP contribution in [0, 0.1) is 5.92 Å². The summed E-state index contributed by atoms with van der Waals surface area (Å²) in [5.74, 6) is 0.959. The molecule has 0 aromatic heterocycles. The van der Waals surface area contributed by atoms with Gasteiger partial charge >= 0.3 is 0 Å². The normalized spacial score (nSPS) is 15.4. The largest absolute Gasteiger partial charge is 0.494 e. The summed E-state index contributed by atoms with van der Waals surface area (Å²) in [5, 5.41) is 3.09. The summed E-state index contributed by atoms with van der Waals surface area (Å²) in [4.78, 5) is 15.1. The average Bonchev–Trinajstić information content (AvgIpc) is 2.76. The number of hydrogen-bond acceptors (Lipinski definition) is 5. The highest BCUT2D eigenvalue weighted by Crippen LogP contribution is 2.26. The van der Waals surface area contributed by atoms with E-state index >= 15 is 0 Å². The van der Waals surface area contributed by atoms with Gasteiger partial charge in [0.25, 0.3) is 15.9 Å². The fourth-order valence-electron chi connectivity index (χ4n) is 3.89. The van der Waals surface area contributed by atoms with Crippen LogP contribution in [0.4, 0.5) is 5.69 Å². The Hall–Kier alpha value is -2.29. The van der Waals surface area contributed by atoms with Crippen molar-refractivity contribution >= 4 is 33.2 Å². The second kappa shape index (κ2) is 11.2. The number of hydrogen-bond donors (Lipinski definition) is 2. The van der Waals surface area contributed by atoms with Gasteiger partial charge in [-0.15, -0.1) is 0 Å². The summed E-state index contributed by atoms with van der Waals surface area (Å²) in [6.07, 6.45) is 1.74. The molecule has 33 heavy (non-hydrogen) atoms. The number of sulfonamides is 1. The number of amides is 1. The molecule has 1 aliphatic heterocycles. The van der Waals surface area contributed by atoms with Crippen LogP contribution in [0.1, 0.15) is 44.0 Å². The molecule has 1 fully saturated rings. The van der Waals surface area contributed by atoms with E-state index in [-0.39, 0.29) is 27.4 Å². The fourth-order valence-corrected chi connectivity index (χ4v) is 5.48. The van der Waals surface area contributed by atoms with Gasteiger partial charge in [0, 0.05) is 36.9 Å². The zero-order valence-corrected chi connectivity index (χ0v) is 20.9. The van der Waals surface area contributed by atoms with Crippen molar-refractivity contribution in [2.75, 3.05) is 31.0 Å². The van der Waals surface area contributed by atoms with Crippen molar-refractivity contribution in [3.8, 4) is 5.75 Å². The van der Waals surface area contributed by atoms with Crippen LogP contribution < -0.4 is 14.8 Å². The third-order valence-electron chi connectivity index (χ3n) is 5.45. The van der Waals surface area contributed by atoms with Crippen LogP contribution in [0.2, 0.25) is 5.02 Å². The number of anilines is 1. The number of nitrogens with zero attached hydrogens (tertiary/aromatic N) is 1. The monoisotopic (exact) mass is 493 g/mol. The molecule has 3 rings (SSSR count). The average molecular weight is 494 g/mol. The number of rotatable bonds is 9. The predicted octanol–water partition coefficient (Wildman–Crippen LogP) is 4.39. The van der Waals surface area contributed by atoms with Crippen LogP contribution in [0.15, 0.2) is 47.4 Å². The first-order valence-corrected chi connectivity index (χ1v) is 13.1. The Morgan fingerprint density at radius 2 is 1.82 bits per heavy atom. The van der Waals surface area contributed by atoms with Gasteiger partial charge in [-0.3, -0.25) is 9.52 Å². The Morgan fingerprint density at radius 3 is 2.42 bits per heavy atom. The molecule has 1 heterocycles. The van der Waals surface area contributed by atoms with Gasteiger partial charge in [-0.1, -0.05) is 25.4 Å². The van der Waals surface area contributed by atoms with Gasteiger partial charge in [0.15, 0.2) is 0 Å². The molecular formula is C24H32ClN3O4S. The first-order chi connectivity index (χ1) is 15.7. The quantitative estimate of drug-likeness (QED) is 0.541. The molecule has 1 aliphatic rings. The zero-order chi connectivity index (χ0) is 24.0. The third-order valence-corrected chi connectivity index (χ3v) is 7.31. The number of ether oxygens (including phenoxy) is 1. The van der Waals surface area contributed by atoms with E-state index < -0.39 is 10.0 Å². The molecule has 9 heteroatoms. The minimum absolute atomic E-state index is 0.0481. The summed E-state index contributed by atoms with van der Waals surface area (Å²) in [6, 6.07) is 11.0. The Morgan fingerprint density at radius 1 is 1.15 bits per heavy atom. The molecule has 0 unspecified atom stereocenters. The van der Waals surface area contributed by atoms with E-state index in [1.54, 1.807) is 30.3 Å². The maximum atomic E-state index is 13.0. The number of benzene rings is 2. The van der Waals surface area contributed by atoms with Crippen molar-refractivity contribution in [3.05, 3.63) is 53.1 Å². The van der Waals surface area contributed by atoms with Crippen molar-refractivity contribution < 1.29 is 17.9 Å². The molecule has 1 saturated heterocycles. The van der Waals surface area contributed by atoms with E-state index in [1.165, 1.54) is 12.1 Å². The molecule has 0 aliphatic carbocycles. The zero-order valence-electron chi connectivity index (χ0n) is 19.3. The van der Waals surface area contributed by atoms with Crippen LogP contribution in [0.5, 0.6) is 5.75 Å². The lowest BCUT2D eigenvalue weighted by molar-refractivity contribution is 0.0907. The maximum absolute atomic E-state index is 13.0. The van der Waals surface area contributed by atoms with E-state index in [0.29, 0.717) is 24.0 Å². The van der Waals surface area contributed by atoms with Crippen LogP contribution in [-0.4, -0.2) is 51.5 Å². The smallest absolute Gasteiger partial charge is 0.263 e. The van der Waals surface area contributed by atoms with Gasteiger partial charge in [0.2, 0.25) is 0 Å². The summed E-state index contributed by atoms with van der Waals surface area (Å²) < 4.78 is 33.8. The second-order valence-corrected chi connectivity index (χ2v) is 10.7. The van der Waals surface area contributed by atoms with Crippen molar-refractivity contribution in [1.82, 2.24) is 10.2 Å². The molecule has 2 N–H and O–H groups in total. The summed E-state index contributed by atoms with van der Waals surface area (Å²) in [6.45, 7) is 9.73. The second-order valence-electron chi connectivity index (χ2n) is 8.65. The fraction of sp³-hybridized carbons (Fsp3) is 0.458. The SMILES string of the molecule is CCOc1ccc(NS(=O)(=O)c2cc(C(=O)NC3CCN(CC(C)C)CC3)ccc2Cl)cc1. The number of likely N-dealkylation sites (tertiary alicyclic amines) is 1. The highest BCUT2D eigenvalue weighted by molar-refractivity contribution is 7.92. The first kappa shape index (κ1) is 25.3. The lowest BCUT2D eigenvalue weighted by atomic mass is 10.0. The molecule has 0 bridgehead atoms. The highest BCUT2D eigenvalue weighted by atomic mass is 35.5. The molecule has 0 radical (unpaired) electrons. The maximum Gasteiger partial charge on any atom is 0.263 e. The van der Waals surface area contributed by atoms with Crippen molar-refractivity contribution in [2.45, 2.75) is 44.6 Å². The van der Waals surface area contributed by atoms with Crippen LogP contribution in [0.25, 0.3) is 0 Å². The summed E-state index contributed by atoms with van der Waals surface area (Å²) in [5.41, 5.74) is 0.633. The third kappa shape index (κ3) is 7.09. The van der Waals surface area contributed by atoms with Crippen molar-refractivity contribution in [1.29, 1.82) is 0 Å². The van der Waals surface area contributed by atoms with Crippen LogP contribution in [0.3, 0.4) is 0 Å². The number of nitrogens with one attached hydrogen (secondary N) is 2. The minimum atomic E-state index is -3.99. The first-order valence-electron chi connectivity index (χ1n) is 11.3. The Balaban J connectivity index is 1.67. The summed E-state index contributed by atoms with van der Waals surface area (Å²) in [7, 11) is -3.99. The molecule has 0 atom stereocenters.